The van der Waals surface area contributed by atoms with Gasteiger partial charge in [0.05, 0.1) is 16.1 Å². The van der Waals surface area contributed by atoms with Gasteiger partial charge in [0.1, 0.15) is 0 Å². The van der Waals surface area contributed by atoms with Crippen LogP contribution in [0.5, 0.6) is 0 Å². The molecule has 30 heavy (non-hydrogen) atoms. The highest BCUT2D eigenvalue weighted by Crippen LogP contribution is 2.64. The molecular weight excluding hydrogens is 425 g/mol. The molecule has 0 saturated heterocycles. The molecule has 0 amide bonds. The molecule has 1 aliphatic rings. The van der Waals surface area contributed by atoms with Gasteiger partial charge in [0.2, 0.25) is 0 Å². The molecule has 0 unspecified atom stereocenters. The molecule has 166 valence electrons. The van der Waals surface area contributed by atoms with Crippen molar-refractivity contribution < 1.29 is 0 Å². The van der Waals surface area contributed by atoms with E-state index in [1.165, 1.54) is 10.8 Å². The first kappa shape index (κ1) is 24.2. The Balaban J connectivity index is 2.48. The lowest BCUT2D eigenvalue weighted by atomic mass is 9.87. The third-order valence-electron chi connectivity index (χ3n) is 7.59. The number of benzene rings is 2. The van der Waals surface area contributed by atoms with E-state index >= 15 is 0 Å². The highest BCUT2D eigenvalue weighted by Gasteiger charge is 2.57. The lowest BCUT2D eigenvalue weighted by Crippen LogP contribution is -2.56. The zero-order valence-corrected chi connectivity index (χ0v) is 25.8. The third kappa shape index (κ3) is 4.39. The Kier molecular flexibility index (Phi) is 6.11. The van der Waals surface area contributed by atoms with Crippen molar-refractivity contribution in [2.24, 2.45) is 0 Å². The van der Waals surface area contributed by atoms with Crippen molar-refractivity contribution in [1.82, 2.24) is 0 Å². The summed E-state index contributed by atoms with van der Waals surface area (Å²) >= 11 is 0. The van der Waals surface area contributed by atoms with Crippen LogP contribution in [0.1, 0.15) is 22.2 Å². The lowest BCUT2D eigenvalue weighted by Gasteiger charge is -2.59. The maximum atomic E-state index is 2.69. The van der Waals surface area contributed by atoms with Gasteiger partial charge < -0.3 is 0 Å². The predicted molar refractivity (Wildman–Crippen MR) is 150 cm³/mol. The smallest absolute Gasteiger partial charge is 0.0521 e. The summed E-state index contributed by atoms with van der Waals surface area (Å²) in [5.74, 6) is 0. The van der Waals surface area contributed by atoms with Crippen molar-refractivity contribution in [2.45, 2.75) is 101 Å². The normalized spacial score (nSPS) is 26.0. The quantitative estimate of drug-likeness (QED) is 0.390. The van der Waals surface area contributed by atoms with Gasteiger partial charge in [-0.3, -0.25) is 0 Å². The number of hydrogen-bond acceptors (Lipinski definition) is 0. The Morgan fingerprint density at radius 1 is 0.467 bits per heavy atom. The Labute approximate surface area is 190 Å². The Morgan fingerprint density at radius 2 is 0.767 bits per heavy atom. The van der Waals surface area contributed by atoms with Gasteiger partial charge in [0.15, 0.2) is 0 Å². The van der Waals surface area contributed by atoms with Gasteiger partial charge in [-0.25, -0.2) is 0 Å². The predicted octanol–water partition coefficient (Wildman–Crippen LogP) is 9.19. The molecule has 2 aromatic rings. The van der Waals surface area contributed by atoms with Crippen LogP contribution in [0.4, 0.5) is 0 Å². The zero-order chi connectivity index (χ0) is 22.9. The van der Waals surface area contributed by atoms with Crippen LogP contribution >= 0.6 is 0 Å². The van der Waals surface area contributed by atoms with Gasteiger partial charge in [0, 0.05) is 16.1 Å². The van der Waals surface area contributed by atoms with Gasteiger partial charge in [-0.1, -0.05) is 115 Å². The van der Waals surface area contributed by atoms with E-state index in [-0.39, 0.29) is 0 Å². The monoisotopic (exact) mass is 470 g/mol. The second kappa shape index (κ2) is 7.57. The molecule has 2 aromatic carbocycles. The molecule has 0 nitrogen and oxygen atoms in total. The summed E-state index contributed by atoms with van der Waals surface area (Å²) in [6.07, 6.45) is 0. The minimum absolute atomic E-state index is 0.799. The molecule has 0 fully saturated rings. The van der Waals surface area contributed by atoms with Crippen molar-refractivity contribution in [2.75, 3.05) is 0 Å². The Morgan fingerprint density at radius 3 is 1.00 bits per heavy atom. The topological polar surface area (TPSA) is 0 Å². The first-order valence-corrected chi connectivity index (χ1v) is 26.3. The highest BCUT2D eigenvalue weighted by atomic mass is 28.3. The number of hydrogen-bond donors (Lipinski definition) is 0. The fraction of sp³-hybridized carbons (Fsp3) is 0.615. The molecule has 0 aromatic heterocycles. The SMILES string of the molecule is C[Si](C)(C)[C@@H]1[C@@H]([Si](C)(C)C)[C@@H]([Si](C)(C)C)c2cc3ccccc3cc2[C@H]1[Si](C)(C)C. The molecule has 1 aliphatic carbocycles. The summed E-state index contributed by atoms with van der Waals surface area (Å²) in [6.45, 7) is 32.0. The standard InChI is InChI=1S/C26H46Si4/c1-27(2,3)23-21-17-19-15-13-14-16-20(19)18-22(21)24(28(4,5)6)26(30(10,11)12)25(23)29(7,8)9/h13-18,23-26H,1-12H3/t23-,24+,25-,26-/m0/s1. The first-order chi connectivity index (χ1) is 13.4. The molecule has 4 atom stereocenters. The minimum atomic E-state index is -1.40. The van der Waals surface area contributed by atoms with Crippen molar-refractivity contribution in [3.05, 3.63) is 47.5 Å². The second-order valence-electron chi connectivity index (χ2n) is 14.3. The average molecular weight is 471 g/mol. The molecule has 0 heterocycles. The molecular formula is C26H46Si4. The molecule has 0 radical (unpaired) electrons. The van der Waals surface area contributed by atoms with Gasteiger partial charge in [0.25, 0.3) is 0 Å². The van der Waals surface area contributed by atoms with Crippen molar-refractivity contribution >= 4 is 43.1 Å². The van der Waals surface area contributed by atoms with Crippen LogP contribution in [-0.2, 0) is 0 Å². The molecule has 0 aliphatic heterocycles. The van der Waals surface area contributed by atoms with Crippen LogP contribution in [0.2, 0.25) is 89.6 Å². The van der Waals surface area contributed by atoms with E-state index in [9.17, 15) is 0 Å². The van der Waals surface area contributed by atoms with Crippen LogP contribution in [0.3, 0.4) is 0 Å². The summed E-state index contributed by atoms with van der Waals surface area (Å²) < 4.78 is 0. The van der Waals surface area contributed by atoms with E-state index in [1.54, 1.807) is 11.1 Å². The summed E-state index contributed by atoms with van der Waals surface area (Å²) in [6, 6.07) is 14.4. The van der Waals surface area contributed by atoms with Crippen molar-refractivity contribution in [3.63, 3.8) is 0 Å². The van der Waals surface area contributed by atoms with Crippen LogP contribution in [-0.4, -0.2) is 32.3 Å². The zero-order valence-electron chi connectivity index (χ0n) is 21.8. The van der Waals surface area contributed by atoms with Gasteiger partial charge in [-0.05, 0) is 44.1 Å². The van der Waals surface area contributed by atoms with E-state index in [0.29, 0.717) is 0 Å². The Bertz CT molecular complexity index is 843. The van der Waals surface area contributed by atoms with E-state index in [4.69, 9.17) is 0 Å². The fourth-order valence-corrected chi connectivity index (χ4v) is 25.9. The van der Waals surface area contributed by atoms with Gasteiger partial charge in [-0.15, -0.1) is 0 Å². The third-order valence-corrected chi connectivity index (χ3v) is 19.0. The average Bonchev–Trinajstić information content (AvgIpc) is 2.54. The largest absolute Gasteiger partial charge is 0.0693 e. The number of fused-ring (bicyclic) bond motifs is 2. The molecule has 0 N–H and O–H groups in total. The summed E-state index contributed by atoms with van der Waals surface area (Å²) in [7, 11) is -5.54. The molecule has 3 rings (SSSR count). The molecule has 0 bridgehead atoms. The fourth-order valence-electron chi connectivity index (χ4n) is 6.70. The van der Waals surface area contributed by atoms with Gasteiger partial charge >= 0.3 is 0 Å². The summed E-state index contributed by atoms with van der Waals surface area (Å²) in [4.78, 5) is 0. The maximum Gasteiger partial charge on any atom is 0.0521 e. The highest BCUT2D eigenvalue weighted by molar-refractivity contribution is 6.89. The molecule has 4 heteroatoms. The van der Waals surface area contributed by atoms with E-state index < -0.39 is 32.3 Å². The van der Waals surface area contributed by atoms with E-state index in [2.05, 4.69) is 115 Å². The molecule has 0 spiro atoms. The van der Waals surface area contributed by atoms with Crippen LogP contribution in [0.25, 0.3) is 10.8 Å². The van der Waals surface area contributed by atoms with Crippen molar-refractivity contribution in [1.29, 1.82) is 0 Å². The summed E-state index contributed by atoms with van der Waals surface area (Å²) in [5.41, 5.74) is 6.97. The van der Waals surface area contributed by atoms with Crippen LogP contribution in [0.15, 0.2) is 36.4 Å². The number of rotatable bonds is 4. The van der Waals surface area contributed by atoms with E-state index in [1.807, 2.05) is 0 Å². The van der Waals surface area contributed by atoms with Crippen LogP contribution in [0, 0.1) is 0 Å². The molecule has 0 saturated carbocycles. The maximum absolute atomic E-state index is 2.69. The Hall–Kier alpha value is -0.432. The van der Waals surface area contributed by atoms with E-state index in [0.717, 1.165) is 22.2 Å². The summed E-state index contributed by atoms with van der Waals surface area (Å²) in [5, 5.41) is 2.91. The van der Waals surface area contributed by atoms with Gasteiger partial charge in [-0.2, -0.15) is 0 Å². The van der Waals surface area contributed by atoms with Crippen molar-refractivity contribution in [3.8, 4) is 0 Å². The minimum Gasteiger partial charge on any atom is -0.0693 e. The second-order valence-corrected chi connectivity index (χ2v) is 35.8. The van der Waals surface area contributed by atoms with Crippen LogP contribution < -0.4 is 0 Å². The lowest BCUT2D eigenvalue weighted by molar-refractivity contribution is 0.586. The first-order valence-electron chi connectivity index (χ1n) is 12.0.